The van der Waals surface area contributed by atoms with E-state index in [9.17, 15) is 14.4 Å². The summed E-state index contributed by atoms with van der Waals surface area (Å²) in [6, 6.07) is 18.0. The van der Waals surface area contributed by atoms with Gasteiger partial charge in [-0.05, 0) is 57.0 Å². The predicted molar refractivity (Wildman–Crippen MR) is 159 cm³/mol. The first kappa shape index (κ1) is 34.3. The van der Waals surface area contributed by atoms with Crippen LogP contribution in [0.4, 0.5) is 0 Å². The number of pyridine rings is 1. The summed E-state index contributed by atoms with van der Waals surface area (Å²) in [5.41, 5.74) is 0.872. The maximum atomic E-state index is 12.6. The van der Waals surface area contributed by atoms with E-state index in [-0.39, 0.29) is 37.3 Å². The number of esters is 1. The van der Waals surface area contributed by atoms with E-state index in [1.165, 1.54) is 11.8 Å². The Labute approximate surface area is 242 Å². The van der Waals surface area contributed by atoms with Crippen LogP contribution in [0.2, 0.25) is 0 Å². The van der Waals surface area contributed by atoms with Gasteiger partial charge in [0, 0.05) is 63.1 Å². The zero-order valence-electron chi connectivity index (χ0n) is 24.3. The SMILES string of the molecule is CCNC(=O)CCC(C(=O)OCc1ccccc1)N(C(C)=O)C(C)C.c1c[nH]cn1.c1cc[nH]c1.c1ccncc1. The number of amides is 2. The van der Waals surface area contributed by atoms with E-state index in [4.69, 9.17) is 4.74 Å². The lowest BCUT2D eigenvalue weighted by Crippen LogP contribution is -2.49. The maximum Gasteiger partial charge on any atom is 0.329 e. The number of hydrogen-bond donors (Lipinski definition) is 3. The summed E-state index contributed by atoms with van der Waals surface area (Å²) in [6.07, 6.45) is 12.7. The molecule has 0 aliphatic carbocycles. The van der Waals surface area contributed by atoms with Crippen molar-refractivity contribution in [3.8, 4) is 0 Å². The molecule has 41 heavy (non-hydrogen) atoms. The number of aromatic amines is 2. The normalized spacial score (nSPS) is 10.3. The van der Waals surface area contributed by atoms with Crippen molar-refractivity contribution in [3.05, 3.63) is 110 Å². The van der Waals surface area contributed by atoms with Crippen molar-refractivity contribution in [2.75, 3.05) is 6.54 Å². The molecule has 1 atom stereocenters. The summed E-state index contributed by atoms with van der Waals surface area (Å²) >= 11 is 0. The summed E-state index contributed by atoms with van der Waals surface area (Å²) < 4.78 is 5.40. The smallest absolute Gasteiger partial charge is 0.329 e. The molecule has 4 aromatic rings. The molecule has 0 fully saturated rings. The third-order valence-corrected chi connectivity index (χ3v) is 5.24. The zero-order valence-corrected chi connectivity index (χ0v) is 24.3. The van der Waals surface area contributed by atoms with Crippen molar-refractivity contribution >= 4 is 17.8 Å². The van der Waals surface area contributed by atoms with Crippen LogP contribution >= 0.6 is 0 Å². The molecule has 0 spiro atoms. The van der Waals surface area contributed by atoms with Gasteiger partial charge < -0.3 is 24.9 Å². The largest absolute Gasteiger partial charge is 0.459 e. The van der Waals surface area contributed by atoms with Gasteiger partial charge in [-0.15, -0.1) is 0 Å². The number of nitrogens with one attached hydrogen (secondary N) is 3. The highest BCUT2D eigenvalue weighted by atomic mass is 16.5. The molecule has 10 nitrogen and oxygen atoms in total. The Hall–Kier alpha value is -4.73. The van der Waals surface area contributed by atoms with Crippen molar-refractivity contribution in [2.45, 2.75) is 59.2 Å². The maximum absolute atomic E-state index is 12.6. The minimum absolute atomic E-state index is 0.140. The Balaban J connectivity index is 0.000000412. The second kappa shape index (κ2) is 22.1. The number of benzene rings is 1. The minimum Gasteiger partial charge on any atom is -0.459 e. The van der Waals surface area contributed by atoms with Crippen molar-refractivity contribution in [2.24, 2.45) is 0 Å². The Morgan fingerprint density at radius 2 is 1.54 bits per heavy atom. The number of H-pyrrole nitrogens is 2. The first-order chi connectivity index (χ1) is 19.9. The number of nitrogens with zero attached hydrogens (tertiary/aromatic N) is 3. The van der Waals surface area contributed by atoms with Crippen molar-refractivity contribution < 1.29 is 19.1 Å². The number of carbonyl (C=O) groups is 3. The molecule has 0 saturated heterocycles. The van der Waals surface area contributed by atoms with Gasteiger partial charge >= 0.3 is 5.97 Å². The molecule has 220 valence electrons. The van der Waals surface area contributed by atoms with E-state index in [2.05, 4.69) is 25.3 Å². The number of aromatic nitrogens is 4. The zero-order chi connectivity index (χ0) is 30.1. The lowest BCUT2D eigenvalue weighted by molar-refractivity contribution is -0.157. The molecule has 1 unspecified atom stereocenters. The molecule has 4 rings (SSSR count). The van der Waals surface area contributed by atoms with Crippen LogP contribution < -0.4 is 5.32 Å². The number of hydrogen-bond acceptors (Lipinski definition) is 6. The van der Waals surface area contributed by atoms with Crippen LogP contribution in [0.25, 0.3) is 0 Å². The lowest BCUT2D eigenvalue weighted by Gasteiger charge is -2.32. The van der Waals surface area contributed by atoms with Crippen molar-refractivity contribution in [1.29, 1.82) is 0 Å². The Morgan fingerprint density at radius 3 is 1.93 bits per heavy atom. The van der Waals surface area contributed by atoms with Gasteiger partial charge in [0.25, 0.3) is 0 Å². The molecule has 3 N–H and O–H groups in total. The number of ether oxygens (including phenoxy) is 1. The second-order valence-corrected chi connectivity index (χ2v) is 8.79. The van der Waals surface area contributed by atoms with Gasteiger partial charge in [0.15, 0.2) is 0 Å². The molecule has 0 aliphatic rings. The Bertz CT molecular complexity index is 1070. The third kappa shape index (κ3) is 16.8. The van der Waals surface area contributed by atoms with Crippen LogP contribution in [-0.2, 0) is 25.7 Å². The van der Waals surface area contributed by atoms with Gasteiger partial charge in [-0.25, -0.2) is 9.78 Å². The van der Waals surface area contributed by atoms with Gasteiger partial charge in [-0.2, -0.15) is 0 Å². The summed E-state index contributed by atoms with van der Waals surface area (Å²) in [5, 5.41) is 2.70. The number of imidazole rings is 1. The van der Waals surface area contributed by atoms with Gasteiger partial charge in [0.2, 0.25) is 11.8 Å². The molecular weight excluding hydrogens is 520 g/mol. The Kier molecular flexibility index (Phi) is 18.5. The topological polar surface area (TPSA) is 133 Å². The van der Waals surface area contributed by atoms with Gasteiger partial charge in [-0.3, -0.25) is 14.6 Å². The molecule has 3 heterocycles. The fraction of sp³-hybridized carbons (Fsp3) is 0.323. The van der Waals surface area contributed by atoms with Crippen LogP contribution in [0.1, 0.15) is 46.1 Å². The van der Waals surface area contributed by atoms with Crippen LogP contribution in [0, 0.1) is 0 Å². The van der Waals surface area contributed by atoms with E-state index >= 15 is 0 Å². The second-order valence-electron chi connectivity index (χ2n) is 8.79. The molecule has 10 heteroatoms. The summed E-state index contributed by atoms with van der Waals surface area (Å²) in [7, 11) is 0. The van der Waals surface area contributed by atoms with E-state index in [1.807, 2.05) is 93.8 Å². The summed E-state index contributed by atoms with van der Waals surface area (Å²) in [5.74, 6) is -0.847. The van der Waals surface area contributed by atoms with Crippen LogP contribution in [0.15, 0.2) is 104 Å². The number of carbonyl (C=O) groups excluding carboxylic acids is 3. The molecular formula is C31H42N6O4. The van der Waals surface area contributed by atoms with E-state index in [0.717, 1.165) is 5.56 Å². The fourth-order valence-electron chi connectivity index (χ4n) is 3.50. The van der Waals surface area contributed by atoms with Crippen molar-refractivity contribution in [3.63, 3.8) is 0 Å². The summed E-state index contributed by atoms with van der Waals surface area (Å²) in [4.78, 5) is 50.9. The molecule has 3 aromatic heterocycles. The first-order valence-electron chi connectivity index (χ1n) is 13.5. The molecule has 0 radical (unpaired) electrons. The van der Waals surface area contributed by atoms with Crippen LogP contribution in [0.5, 0.6) is 0 Å². The standard InChI is InChI=1S/C19H28N2O4.C5H5N.C4H5N.C3H4N2/c1-5-20-18(23)12-11-17(21(14(2)3)15(4)22)19(24)25-13-16-9-7-6-8-10-16;1-2-4-6-5-3-1;1-2-4-5-3-1;1-2-5-3-4-1/h6-10,14,17H,5,11-13H2,1-4H3,(H,20,23);1-5H;1-5H;1-3H,(H,4,5). The molecule has 2 amide bonds. The quantitative estimate of drug-likeness (QED) is 0.252. The highest BCUT2D eigenvalue weighted by Crippen LogP contribution is 2.15. The summed E-state index contributed by atoms with van der Waals surface area (Å²) in [6.45, 7) is 7.60. The van der Waals surface area contributed by atoms with E-state index < -0.39 is 12.0 Å². The lowest BCUT2D eigenvalue weighted by atomic mass is 10.1. The van der Waals surface area contributed by atoms with Gasteiger partial charge in [0.1, 0.15) is 12.6 Å². The fourth-order valence-corrected chi connectivity index (χ4v) is 3.50. The third-order valence-electron chi connectivity index (χ3n) is 5.24. The molecule has 1 aromatic carbocycles. The average molecular weight is 563 g/mol. The minimum atomic E-state index is -0.774. The van der Waals surface area contributed by atoms with E-state index in [0.29, 0.717) is 6.54 Å². The van der Waals surface area contributed by atoms with E-state index in [1.54, 1.807) is 31.1 Å². The van der Waals surface area contributed by atoms with Crippen molar-refractivity contribution in [1.82, 2.24) is 30.2 Å². The Morgan fingerprint density at radius 1 is 0.878 bits per heavy atom. The molecule has 0 bridgehead atoms. The highest BCUT2D eigenvalue weighted by Gasteiger charge is 2.31. The highest BCUT2D eigenvalue weighted by molar-refractivity contribution is 5.84. The van der Waals surface area contributed by atoms with Crippen LogP contribution in [0.3, 0.4) is 0 Å². The number of rotatable bonds is 9. The predicted octanol–water partition coefficient (Wildman–Crippen LogP) is 4.78. The average Bonchev–Trinajstić information content (AvgIpc) is 3.75. The van der Waals surface area contributed by atoms with Gasteiger partial charge in [-0.1, -0.05) is 36.4 Å². The molecule has 0 saturated carbocycles. The monoisotopic (exact) mass is 562 g/mol. The first-order valence-corrected chi connectivity index (χ1v) is 13.5. The molecule has 0 aliphatic heterocycles. The van der Waals surface area contributed by atoms with Gasteiger partial charge in [0.05, 0.1) is 6.33 Å². The van der Waals surface area contributed by atoms with Crippen LogP contribution in [-0.4, -0.2) is 61.2 Å².